The normalized spacial score (nSPS) is 13.4. The molecule has 0 unspecified atom stereocenters. The first-order valence-electron chi connectivity index (χ1n) is 33.1. The molecular formula is C86H64BClN8O2. The third-order valence-corrected chi connectivity index (χ3v) is 19.5. The zero-order valence-corrected chi connectivity index (χ0v) is 55.1. The summed E-state index contributed by atoms with van der Waals surface area (Å²) >= 11 is 5.95. The average Bonchev–Trinajstić information content (AvgIpc) is 1.56. The van der Waals surface area contributed by atoms with Crippen LogP contribution in [0.5, 0.6) is 0 Å². The van der Waals surface area contributed by atoms with E-state index in [1.165, 1.54) is 59.9 Å². The molecule has 0 N–H and O–H groups in total. The van der Waals surface area contributed by atoms with Crippen LogP contribution in [0.15, 0.2) is 316 Å². The second-order valence-corrected chi connectivity index (χ2v) is 26.1. The lowest BCUT2D eigenvalue weighted by Gasteiger charge is -2.32. The Balaban J connectivity index is 0.000000120. The van der Waals surface area contributed by atoms with E-state index in [4.69, 9.17) is 30.9 Å². The van der Waals surface area contributed by atoms with E-state index in [-0.39, 0.29) is 16.5 Å². The fraction of sp³-hybridized carbons (Fsp3) is 0.0698. The van der Waals surface area contributed by atoms with Gasteiger partial charge in [-0.3, -0.25) is 0 Å². The SMILES string of the molecule is CC1(C)OB(c2ccc3c(c2)c2c4ccn(-c5ccccc5)c4ccc2n3-c2ccccc2)OC1(C)C.Clc1nc(-c2ccccc2)c2ccccc2n1.c1ccc(-c2nc(-c3ccc4c(c3)c3c5ccn(-c6ccccc6)c5ccc3n4-c3ccccc3)nc3ccccc23)cc1. The van der Waals surface area contributed by atoms with Crippen LogP contribution in [0.3, 0.4) is 0 Å². The maximum absolute atomic E-state index is 6.42. The van der Waals surface area contributed by atoms with Crippen molar-refractivity contribution in [2.45, 2.75) is 38.9 Å². The summed E-state index contributed by atoms with van der Waals surface area (Å²) in [4.78, 5) is 18.8. The molecule has 1 aliphatic rings. The Hall–Kier alpha value is -11.7. The highest BCUT2D eigenvalue weighted by Gasteiger charge is 2.52. The molecule has 470 valence electrons. The number of hydrogen-bond donors (Lipinski definition) is 0. The monoisotopic (exact) mass is 1290 g/mol. The lowest BCUT2D eigenvalue weighted by molar-refractivity contribution is 0.00578. The van der Waals surface area contributed by atoms with Crippen molar-refractivity contribution in [2.75, 3.05) is 0 Å². The molecule has 0 spiro atoms. The van der Waals surface area contributed by atoms with E-state index >= 15 is 0 Å². The number of rotatable bonds is 8. The molecule has 0 saturated carbocycles. The molecule has 18 aromatic rings. The average molecular weight is 1290 g/mol. The molecule has 0 bridgehead atoms. The summed E-state index contributed by atoms with van der Waals surface area (Å²) < 4.78 is 22.1. The first-order valence-corrected chi connectivity index (χ1v) is 33.4. The first-order chi connectivity index (χ1) is 48.0. The Kier molecular flexibility index (Phi) is 15.0. The van der Waals surface area contributed by atoms with E-state index in [0.717, 1.165) is 89.4 Å². The molecule has 6 aromatic heterocycles. The van der Waals surface area contributed by atoms with Crippen molar-refractivity contribution >= 4 is 111 Å². The minimum atomic E-state index is -0.405. The van der Waals surface area contributed by atoms with Crippen molar-refractivity contribution in [1.29, 1.82) is 0 Å². The molecule has 1 saturated heterocycles. The number of fused-ring (bicyclic) bond motifs is 12. The number of aromatic nitrogens is 8. The van der Waals surface area contributed by atoms with Crippen molar-refractivity contribution in [2.24, 2.45) is 0 Å². The molecule has 10 nitrogen and oxygen atoms in total. The highest BCUT2D eigenvalue weighted by molar-refractivity contribution is 6.62. The van der Waals surface area contributed by atoms with Crippen molar-refractivity contribution in [3.8, 4) is 56.7 Å². The number of nitrogens with zero attached hydrogens (tertiary/aromatic N) is 8. The van der Waals surface area contributed by atoms with Gasteiger partial charge in [0.15, 0.2) is 5.82 Å². The van der Waals surface area contributed by atoms with E-state index in [1.54, 1.807) is 0 Å². The van der Waals surface area contributed by atoms with Crippen LogP contribution < -0.4 is 5.46 Å². The highest BCUT2D eigenvalue weighted by Crippen LogP contribution is 2.43. The topological polar surface area (TPSA) is 89.7 Å². The smallest absolute Gasteiger partial charge is 0.399 e. The van der Waals surface area contributed by atoms with E-state index in [9.17, 15) is 0 Å². The number of benzene rings is 12. The summed E-state index contributed by atoms with van der Waals surface area (Å²) in [6.07, 6.45) is 4.34. The second-order valence-electron chi connectivity index (χ2n) is 25.8. The van der Waals surface area contributed by atoms with Gasteiger partial charge in [-0.15, -0.1) is 0 Å². The summed E-state index contributed by atoms with van der Waals surface area (Å²) in [6.45, 7) is 8.40. The Morgan fingerprint density at radius 1 is 0.316 bits per heavy atom. The Morgan fingerprint density at radius 2 is 0.704 bits per heavy atom. The summed E-state index contributed by atoms with van der Waals surface area (Å²) in [5, 5.41) is 9.63. The Morgan fingerprint density at radius 3 is 1.19 bits per heavy atom. The van der Waals surface area contributed by atoms with Gasteiger partial charge >= 0.3 is 7.12 Å². The number of hydrogen-bond acceptors (Lipinski definition) is 6. The zero-order valence-electron chi connectivity index (χ0n) is 54.4. The summed E-state index contributed by atoms with van der Waals surface area (Å²) in [7, 11) is -0.405. The maximum Gasteiger partial charge on any atom is 0.494 e. The summed E-state index contributed by atoms with van der Waals surface area (Å²) in [6, 6.07) is 105. The minimum absolute atomic E-state index is 0.280. The molecule has 1 aliphatic heterocycles. The van der Waals surface area contributed by atoms with Crippen molar-refractivity contribution in [3.63, 3.8) is 0 Å². The molecule has 12 aromatic carbocycles. The van der Waals surface area contributed by atoms with Gasteiger partial charge in [0.25, 0.3) is 0 Å². The maximum atomic E-state index is 6.42. The fourth-order valence-corrected chi connectivity index (χ4v) is 14.2. The zero-order chi connectivity index (χ0) is 66.1. The van der Waals surface area contributed by atoms with Crippen LogP contribution in [0, 0.1) is 0 Å². The predicted octanol–water partition coefficient (Wildman–Crippen LogP) is 21.0. The molecule has 0 aliphatic carbocycles. The van der Waals surface area contributed by atoms with Crippen LogP contribution in [0.2, 0.25) is 5.28 Å². The van der Waals surface area contributed by atoms with Crippen LogP contribution in [0.1, 0.15) is 27.7 Å². The fourth-order valence-electron chi connectivity index (χ4n) is 14.0. The largest absolute Gasteiger partial charge is 0.494 e. The molecule has 1 fully saturated rings. The molecular weight excluding hydrogens is 1220 g/mol. The third kappa shape index (κ3) is 10.6. The number of para-hydroxylation sites is 6. The van der Waals surface area contributed by atoms with Gasteiger partial charge in [-0.25, -0.2) is 19.9 Å². The standard InChI is InChI=1S/C40H26N4.C32H29BN2O2.C14H9ClN2/c1-4-12-27(13-5-1)39-31-18-10-11-19-34(31)41-40(42-39)28-20-21-36-33(26-28)38-32-24-25-43(29-14-6-2-7-15-29)35(32)22-23-37(38)44(36)30-16-8-3-9-17-30;1-31(2)32(3,4)37-33(36-31)22-15-16-28-26(21-22)30-25-19-20-34(23-11-7-5-8-12-23)27(25)17-18-29(30)35(28)24-13-9-6-10-14-24;15-14-16-12-9-5-4-8-11(12)13(17-14)10-6-2-1-3-7-10/h1-26H;5-21H,1-4H3;1-9H. The van der Waals surface area contributed by atoms with Crippen LogP contribution in [0.25, 0.3) is 144 Å². The van der Waals surface area contributed by atoms with E-state index in [0.29, 0.717) is 0 Å². The molecule has 0 radical (unpaired) electrons. The van der Waals surface area contributed by atoms with Gasteiger partial charge in [-0.2, -0.15) is 0 Å². The van der Waals surface area contributed by atoms with Gasteiger partial charge in [0.05, 0.1) is 66.7 Å². The second kappa shape index (κ2) is 24.5. The van der Waals surface area contributed by atoms with Crippen LogP contribution in [-0.2, 0) is 9.31 Å². The summed E-state index contributed by atoms with van der Waals surface area (Å²) in [5.74, 6) is 0.721. The lowest BCUT2D eigenvalue weighted by Crippen LogP contribution is -2.41. The van der Waals surface area contributed by atoms with Crippen molar-refractivity contribution in [3.05, 3.63) is 321 Å². The van der Waals surface area contributed by atoms with Gasteiger partial charge < -0.3 is 27.6 Å². The molecule has 0 amide bonds. The van der Waals surface area contributed by atoms with Crippen LogP contribution in [-0.4, -0.2) is 56.5 Å². The van der Waals surface area contributed by atoms with E-state index in [1.807, 2.05) is 66.7 Å². The van der Waals surface area contributed by atoms with Crippen molar-refractivity contribution < 1.29 is 9.31 Å². The van der Waals surface area contributed by atoms with Crippen LogP contribution in [0.4, 0.5) is 0 Å². The molecule has 0 atom stereocenters. The van der Waals surface area contributed by atoms with Gasteiger partial charge in [0.1, 0.15) is 0 Å². The number of halogens is 1. The van der Waals surface area contributed by atoms with E-state index in [2.05, 4.69) is 305 Å². The molecule has 7 heterocycles. The Labute approximate surface area is 572 Å². The summed E-state index contributed by atoms with van der Waals surface area (Å²) in [5.41, 5.74) is 18.6. The molecule has 98 heavy (non-hydrogen) atoms. The highest BCUT2D eigenvalue weighted by atomic mass is 35.5. The molecule has 12 heteroatoms. The minimum Gasteiger partial charge on any atom is -0.399 e. The van der Waals surface area contributed by atoms with Gasteiger partial charge in [0.2, 0.25) is 5.28 Å². The van der Waals surface area contributed by atoms with Crippen LogP contribution >= 0.6 is 11.6 Å². The van der Waals surface area contributed by atoms with Gasteiger partial charge in [-0.1, -0.05) is 182 Å². The molecule has 19 rings (SSSR count). The Bertz CT molecular complexity index is 6000. The van der Waals surface area contributed by atoms with E-state index < -0.39 is 7.12 Å². The third-order valence-electron chi connectivity index (χ3n) is 19.4. The lowest BCUT2D eigenvalue weighted by atomic mass is 9.78. The van der Waals surface area contributed by atoms with Gasteiger partial charge in [0, 0.05) is 94.9 Å². The van der Waals surface area contributed by atoms with Gasteiger partial charge in [-0.05, 0) is 166 Å². The first kappa shape index (κ1) is 60.0. The quantitative estimate of drug-likeness (QED) is 0.111. The van der Waals surface area contributed by atoms with Crippen molar-refractivity contribution in [1.82, 2.24) is 38.2 Å². The predicted molar refractivity (Wildman–Crippen MR) is 405 cm³/mol.